The molecule has 1 atom stereocenters. The Bertz CT molecular complexity index is 2090. The molecule has 9 nitrogen and oxygen atoms in total. The van der Waals surface area contributed by atoms with Crippen LogP contribution in [0.15, 0.2) is 108 Å². The molecule has 0 bridgehead atoms. The van der Waals surface area contributed by atoms with Crippen molar-refractivity contribution in [2.24, 2.45) is 0 Å². The van der Waals surface area contributed by atoms with Crippen molar-refractivity contribution in [3.05, 3.63) is 114 Å². The van der Waals surface area contributed by atoms with Crippen LogP contribution in [0.2, 0.25) is 0 Å². The molecule has 1 amide bonds. The number of carbonyl (C=O) groups excluding carboxylic acids is 1. The van der Waals surface area contributed by atoms with E-state index in [4.69, 9.17) is 4.98 Å². The van der Waals surface area contributed by atoms with Gasteiger partial charge in [0.15, 0.2) is 5.65 Å². The lowest BCUT2D eigenvalue weighted by atomic mass is 9.89. The average molecular weight is 580 g/mol. The number of amides is 1. The molecular formula is C30H21N5O4S2. The van der Waals surface area contributed by atoms with Gasteiger partial charge in [0.25, 0.3) is 15.9 Å². The SMILES string of the molecule is CN1C(=O)[C@@](O)(c2cccc(-c3csc(-c4cn(S(=O)(=O)c5ccccc5)c5ncccc45)n3)c2)c2ncccc21. The maximum atomic E-state index is 13.5. The fraction of sp³-hybridized carbons (Fsp3) is 0.0667. The van der Waals surface area contributed by atoms with E-state index in [1.165, 1.54) is 20.2 Å². The summed E-state index contributed by atoms with van der Waals surface area (Å²) < 4.78 is 28.2. The Morgan fingerprint density at radius 3 is 2.54 bits per heavy atom. The third kappa shape index (κ3) is 3.74. The first-order chi connectivity index (χ1) is 19.8. The van der Waals surface area contributed by atoms with Gasteiger partial charge in [-0.1, -0.05) is 36.4 Å². The van der Waals surface area contributed by atoms with Crippen LogP contribution >= 0.6 is 11.3 Å². The van der Waals surface area contributed by atoms with Crippen molar-refractivity contribution in [3.8, 4) is 21.8 Å². The number of rotatable bonds is 5. The summed E-state index contributed by atoms with van der Waals surface area (Å²) in [6, 6.07) is 22.3. The largest absolute Gasteiger partial charge is 0.370 e. The van der Waals surface area contributed by atoms with Gasteiger partial charge < -0.3 is 10.0 Å². The summed E-state index contributed by atoms with van der Waals surface area (Å²) in [7, 11) is -2.28. The van der Waals surface area contributed by atoms with Crippen LogP contribution in [0.5, 0.6) is 0 Å². The molecule has 0 saturated heterocycles. The van der Waals surface area contributed by atoms with E-state index in [0.29, 0.717) is 44.1 Å². The van der Waals surface area contributed by atoms with Crippen LogP contribution in [0.4, 0.5) is 5.69 Å². The number of pyridine rings is 2. The van der Waals surface area contributed by atoms with Crippen LogP contribution in [0.25, 0.3) is 32.9 Å². The maximum Gasteiger partial charge on any atom is 0.269 e. The van der Waals surface area contributed by atoms with Gasteiger partial charge in [-0.15, -0.1) is 11.3 Å². The number of anilines is 1. The minimum Gasteiger partial charge on any atom is -0.370 e. The first-order valence-electron chi connectivity index (χ1n) is 12.6. The lowest BCUT2D eigenvalue weighted by Crippen LogP contribution is -2.39. The normalized spacial score (nSPS) is 16.8. The summed E-state index contributed by atoms with van der Waals surface area (Å²) in [4.78, 5) is 28.3. The third-order valence-electron chi connectivity index (χ3n) is 7.25. The summed E-state index contributed by atoms with van der Waals surface area (Å²) in [6.07, 6.45) is 4.66. The smallest absolute Gasteiger partial charge is 0.269 e. The van der Waals surface area contributed by atoms with Gasteiger partial charge in [-0.3, -0.25) is 9.78 Å². The Labute approximate surface area is 239 Å². The van der Waals surface area contributed by atoms with Crippen LogP contribution < -0.4 is 4.90 Å². The molecule has 0 unspecified atom stereocenters. The Kier molecular flexibility index (Phi) is 5.65. The zero-order valence-corrected chi connectivity index (χ0v) is 23.2. The fourth-order valence-electron chi connectivity index (χ4n) is 5.18. The number of aromatic nitrogens is 4. The lowest BCUT2D eigenvalue weighted by Gasteiger charge is -2.22. The summed E-state index contributed by atoms with van der Waals surface area (Å²) >= 11 is 1.36. The number of nitrogens with zero attached hydrogens (tertiary/aromatic N) is 5. The molecule has 6 aromatic rings. The Balaban J connectivity index is 1.31. The van der Waals surface area contributed by atoms with Crippen molar-refractivity contribution in [1.29, 1.82) is 0 Å². The molecule has 0 radical (unpaired) electrons. The second-order valence-electron chi connectivity index (χ2n) is 9.60. The van der Waals surface area contributed by atoms with Crippen molar-refractivity contribution in [3.63, 3.8) is 0 Å². The molecule has 0 aliphatic carbocycles. The molecule has 5 heterocycles. The highest BCUT2D eigenvalue weighted by Gasteiger charge is 2.51. The molecule has 1 N–H and O–H groups in total. The number of thiazole rings is 1. The minimum atomic E-state index is -3.89. The van der Waals surface area contributed by atoms with Crippen molar-refractivity contribution < 1.29 is 18.3 Å². The first-order valence-corrected chi connectivity index (χ1v) is 14.9. The molecule has 202 valence electrons. The molecule has 0 spiro atoms. The number of fused-ring (bicyclic) bond motifs is 2. The molecule has 7 rings (SSSR count). The third-order valence-corrected chi connectivity index (χ3v) is 9.79. The molecular weight excluding hydrogens is 558 g/mol. The predicted molar refractivity (Wildman–Crippen MR) is 156 cm³/mol. The van der Waals surface area contributed by atoms with Gasteiger partial charge in [0.1, 0.15) is 10.7 Å². The van der Waals surface area contributed by atoms with Gasteiger partial charge in [-0.05, 0) is 48.0 Å². The average Bonchev–Trinajstić information content (AvgIpc) is 3.70. The fourth-order valence-corrected chi connectivity index (χ4v) is 7.38. The second kappa shape index (κ2) is 9.16. The van der Waals surface area contributed by atoms with Gasteiger partial charge >= 0.3 is 0 Å². The van der Waals surface area contributed by atoms with Crippen LogP contribution in [0.1, 0.15) is 11.3 Å². The molecule has 1 aliphatic heterocycles. The van der Waals surface area contributed by atoms with Crippen molar-refractivity contribution in [2.45, 2.75) is 10.5 Å². The van der Waals surface area contributed by atoms with E-state index < -0.39 is 21.5 Å². The molecule has 0 fully saturated rings. The Morgan fingerprint density at radius 2 is 1.71 bits per heavy atom. The van der Waals surface area contributed by atoms with Gasteiger partial charge in [0.05, 0.1) is 16.3 Å². The molecule has 1 aliphatic rings. The quantitative estimate of drug-likeness (QED) is 0.315. The van der Waals surface area contributed by atoms with E-state index in [9.17, 15) is 18.3 Å². The van der Waals surface area contributed by atoms with Crippen molar-refractivity contribution in [2.75, 3.05) is 11.9 Å². The van der Waals surface area contributed by atoms with E-state index in [1.807, 2.05) is 17.5 Å². The minimum absolute atomic E-state index is 0.159. The topological polar surface area (TPSA) is 118 Å². The summed E-state index contributed by atoms with van der Waals surface area (Å²) in [5.74, 6) is -0.484. The monoisotopic (exact) mass is 579 g/mol. The Hall–Kier alpha value is -4.71. The van der Waals surface area contributed by atoms with Crippen molar-refractivity contribution in [1.82, 2.24) is 18.9 Å². The standard InChI is InChI=1S/C30H21N5O4S2/c1-34-25-13-7-14-31-26(25)30(37,29(34)36)20-9-5-8-19(16-20)24-18-40-28(33-24)23-17-35(27-22(23)12-6-15-32-27)41(38,39)21-10-3-2-4-11-21/h2-18,37H,1H3/t30-/m1/s1. The highest BCUT2D eigenvalue weighted by Crippen LogP contribution is 2.43. The number of hydrogen-bond acceptors (Lipinski definition) is 8. The van der Waals surface area contributed by atoms with E-state index in [1.54, 1.807) is 92.4 Å². The second-order valence-corrected chi connectivity index (χ2v) is 12.3. The van der Waals surface area contributed by atoms with Gasteiger partial charge in [0.2, 0.25) is 5.60 Å². The molecule has 0 saturated carbocycles. The van der Waals surface area contributed by atoms with E-state index in [2.05, 4.69) is 9.97 Å². The molecule has 4 aromatic heterocycles. The summed E-state index contributed by atoms with van der Waals surface area (Å²) in [6.45, 7) is 0. The van der Waals surface area contributed by atoms with E-state index in [-0.39, 0.29) is 10.6 Å². The first kappa shape index (κ1) is 25.3. The summed E-state index contributed by atoms with van der Waals surface area (Å²) in [5, 5.41) is 14.8. The van der Waals surface area contributed by atoms with Crippen molar-refractivity contribution >= 4 is 44.0 Å². The van der Waals surface area contributed by atoms with Gasteiger partial charge in [-0.2, -0.15) is 0 Å². The molecule has 11 heteroatoms. The van der Waals surface area contributed by atoms with Crippen LogP contribution in [-0.2, 0) is 20.4 Å². The zero-order chi connectivity index (χ0) is 28.4. The van der Waals surface area contributed by atoms with Gasteiger partial charge in [-0.25, -0.2) is 22.4 Å². The van der Waals surface area contributed by atoms with Gasteiger partial charge in [0, 0.05) is 47.5 Å². The van der Waals surface area contributed by atoms with Crippen LogP contribution in [0.3, 0.4) is 0 Å². The highest BCUT2D eigenvalue weighted by molar-refractivity contribution is 7.90. The van der Waals surface area contributed by atoms with E-state index >= 15 is 0 Å². The van der Waals surface area contributed by atoms with Crippen LogP contribution in [-0.4, -0.2) is 45.4 Å². The van der Waals surface area contributed by atoms with Crippen LogP contribution in [0, 0.1) is 0 Å². The summed E-state index contributed by atoms with van der Waals surface area (Å²) in [5.41, 5.74) is 1.54. The molecule has 41 heavy (non-hydrogen) atoms. The number of carbonyl (C=O) groups is 1. The zero-order valence-electron chi connectivity index (χ0n) is 21.5. The Morgan fingerprint density at radius 1 is 0.927 bits per heavy atom. The lowest BCUT2D eigenvalue weighted by molar-refractivity contribution is -0.132. The number of benzene rings is 2. The number of aliphatic hydroxyl groups is 1. The maximum absolute atomic E-state index is 13.5. The predicted octanol–water partition coefficient (Wildman–Crippen LogP) is 4.67. The number of hydrogen-bond donors (Lipinski definition) is 1. The molecule has 2 aromatic carbocycles. The van der Waals surface area contributed by atoms with E-state index in [0.717, 1.165) is 0 Å². The number of likely N-dealkylation sites (N-methyl/N-ethyl adjacent to an activating group) is 1. The highest BCUT2D eigenvalue weighted by atomic mass is 32.2.